The van der Waals surface area contributed by atoms with E-state index in [-0.39, 0.29) is 5.43 Å². The van der Waals surface area contributed by atoms with Crippen LogP contribution in [0.25, 0.3) is 10.9 Å². The lowest BCUT2D eigenvalue weighted by atomic mass is 10.1. The summed E-state index contributed by atoms with van der Waals surface area (Å²) in [6, 6.07) is 6.72. The first kappa shape index (κ1) is 11.3. The quantitative estimate of drug-likeness (QED) is 0.758. The predicted molar refractivity (Wildman–Crippen MR) is 66.8 cm³/mol. The van der Waals surface area contributed by atoms with Crippen molar-refractivity contribution in [1.82, 2.24) is 4.57 Å². The lowest BCUT2D eigenvalue weighted by molar-refractivity contribution is -0.105. The van der Waals surface area contributed by atoms with Crippen molar-refractivity contribution in [2.75, 3.05) is 5.32 Å². The van der Waals surface area contributed by atoms with Gasteiger partial charge in [-0.3, -0.25) is 9.59 Å². The van der Waals surface area contributed by atoms with Crippen LogP contribution in [0.4, 0.5) is 5.69 Å². The number of carbonyl (C=O) groups excluding carboxylic acids is 1. The number of nitrogens with one attached hydrogen (secondary N) is 1. The van der Waals surface area contributed by atoms with Crippen LogP contribution in [0.5, 0.6) is 0 Å². The first-order valence-corrected chi connectivity index (χ1v) is 5.20. The molecule has 0 aliphatic heterocycles. The molecule has 1 heterocycles. The van der Waals surface area contributed by atoms with Gasteiger partial charge in [0.15, 0.2) is 5.43 Å². The summed E-state index contributed by atoms with van der Waals surface area (Å²) in [5, 5.41) is 3.09. The standard InChI is InChI=1S/C12H13N3O2/c1-15-9(6-13)5-12(17)10-4-8(14-7-16)2-3-11(10)15/h2-5,7H,6,13H2,1H3,(H,14,16). The second-order valence-corrected chi connectivity index (χ2v) is 3.76. The van der Waals surface area contributed by atoms with Gasteiger partial charge >= 0.3 is 0 Å². The van der Waals surface area contributed by atoms with E-state index in [1.165, 1.54) is 6.07 Å². The molecule has 5 heteroatoms. The van der Waals surface area contributed by atoms with Gasteiger partial charge in [0.1, 0.15) is 0 Å². The van der Waals surface area contributed by atoms with E-state index < -0.39 is 0 Å². The highest BCUT2D eigenvalue weighted by atomic mass is 16.1. The molecule has 0 aliphatic carbocycles. The van der Waals surface area contributed by atoms with Gasteiger partial charge in [-0.25, -0.2) is 0 Å². The summed E-state index contributed by atoms with van der Waals surface area (Å²) < 4.78 is 1.88. The number of nitrogens with zero attached hydrogens (tertiary/aromatic N) is 1. The van der Waals surface area contributed by atoms with Crippen molar-refractivity contribution in [3.05, 3.63) is 40.2 Å². The van der Waals surface area contributed by atoms with E-state index in [9.17, 15) is 9.59 Å². The van der Waals surface area contributed by atoms with Gasteiger partial charge in [0.05, 0.1) is 5.52 Å². The Bertz CT molecular complexity index is 631. The Morgan fingerprint density at radius 2 is 2.18 bits per heavy atom. The number of anilines is 1. The molecule has 1 aromatic carbocycles. The average Bonchev–Trinajstić information content (AvgIpc) is 2.34. The van der Waals surface area contributed by atoms with Crippen LogP contribution in [0.3, 0.4) is 0 Å². The number of aryl methyl sites for hydroxylation is 1. The lowest BCUT2D eigenvalue weighted by Crippen LogP contribution is -2.14. The Morgan fingerprint density at radius 1 is 1.41 bits per heavy atom. The Hall–Kier alpha value is -2.14. The van der Waals surface area contributed by atoms with Gasteiger partial charge in [-0.2, -0.15) is 0 Å². The fourth-order valence-electron chi connectivity index (χ4n) is 1.86. The van der Waals surface area contributed by atoms with Crippen molar-refractivity contribution in [3.8, 4) is 0 Å². The highest BCUT2D eigenvalue weighted by molar-refractivity contribution is 5.85. The number of aromatic nitrogens is 1. The Balaban J connectivity index is 2.75. The van der Waals surface area contributed by atoms with Gasteiger partial charge in [0.2, 0.25) is 6.41 Å². The number of pyridine rings is 1. The maximum atomic E-state index is 11.9. The summed E-state index contributed by atoms with van der Waals surface area (Å²) in [6.45, 7) is 0.315. The second-order valence-electron chi connectivity index (χ2n) is 3.76. The van der Waals surface area contributed by atoms with E-state index >= 15 is 0 Å². The van der Waals surface area contributed by atoms with Crippen molar-refractivity contribution >= 4 is 23.0 Å². The van der Waals surface area contributed by atoms with Crippen molar-refractivity contribution in [2.45, 2.75) is 6.54 Å². The summed E-state index contributed by atoms with van der Waals surface area (Å²) in [4.78, 5) is 22.2. The smallest absolute Gasteiger partial charge is 0.211 e. The van der Waals surface area contributed by atoms with E-state index in [0.29, 0.717) is 24.0 Å². The minimum absolute atomic E-state index is 0.0897. The minimum atomic E-state index is -0.0897. The highest BCUT2D eigenvalue weighted by Crippen LogP contribution is 2.16. The van der Waals surface area contributed by atoms with Crippen LogP contribution in [-0.4, -0.2) is 11.0 Å². The zero-order valence-corrected chi connectivity index (χ0v) is 9.43. The number of hydrogen-bond acceptors (Lipinski definition) is 3. The van der Waals surface area contributed by atoms with E-state index in [2.05, 4.69) is 5.32 Å². The summed E-state index contributed by atoms with van der Waals surface area (Å²) in [5.74, 6) is 0. The van der Waals surface area contributed by atoms with Crippen molar-refractivity contribution in [2.24, 2.45) is 12.8 Å². The first-order chi connectivity index (χ1) is 8.17. The second kappa shape index (κ2) is 4.39. The van der Waals surface area contributed by atoms with E-state index in [4.69, 9.17) is 5.73 Å². The third-order valence-electron chi connectivity index (χ3n) is 2.79. The largest absolute Gasteiger partial charge is 0.346 e. The lowest BCUT2D eigenvalue weighted by Gasteiger charge is -2.11. The van der Waals surface area contributed by atoms with Gasteiger partial charge in [-0.15, -0.1) is 0 Å². The predicted octanol–water partition coefficient (Wildman–Crippen LogP) is 0.565. The maximum absolute atomic E-state index is 11.9. The molecule has 0 fully saturated rings. The molecule has 0 saturated carbocycles. The molecule has 1 amide bonds. The van der Waals surface area contributed by atoms with Crippen LogP contribution < -0.4 is 16.5 Å². The van der Waals surface area contributed by atoms with Crippen LogP contribution in [0.1, 0.15) is 5.69 Å². The van der Waals surface area contributed by atoms with Crippen molar-refractivity contribution < 1.29 is 4.79 Å². The zero-order valence-electron chi connectivity index (χ0n) is 9.43. The molecule has 0 bridgehead atoms. The highest BCUT2D eigenvalue weighted by Gasteiger charge is 2.06. The molecule has 17 heavy (non-hydrogen) atoms. The SMILES string of the molecule is Cn1c(CN)cc(=O)c2cc(NC=O)ccc21. The van der Waals surface area contributed by atoms with Gasteiger partial charge in [0.25, 0.3) is 0 Å². The average molecular weight is 231 g/mol. The molecular formula is C12H13N3O2. The number of amides is 1. The topological polar surface area (TPSA) is 77.1 Å². The number of carbonyl (C=O) groups is 1. The van der Waals surface area contributed by atoms with E-state index in [1.807, 2.05) is 11.6 Å². The number of nitrogens with two attached hydrogens (primary N) is 1. The van der Waals surface area contributed by atoms with E-state index in [1.54, 1.807) is 18.2 Å². The summed E-state index contributed by atoms with van der Waals surface area (Å²) in [5.41, 5.74) is 7.66. The number of hydrogen-bond donors (Lipinski definition) is 2. The molecule has 0 radical (unpaired) electrons. The Morgan fingerprint density at radius 3 is 2.82 bits per heavy atom. The number of rotatable bonds is 3. The monoisotopic (exact) mass is 231 g/mol. The van der Waals surface area contributed by atoms with Crippen LogP contribution in [0.2, 0.25) is 0 Å². The van der Waals surface area contributed by atoms with Crippen LogP contribution >= 0.6 is 0 Å². The van der Waals surface area contributed by atoms with Gasteiger partial charge in [-0.1, -0.05) is 0 Å². The zero-order chi connectivity index (χ0) is 12.4. The fourth-order valence-corrected chi connectivity index (χ4v) is 1.86. The van der Waals surface area contributed by atoms with Gasteiger partial charge in [-0.05, 0) is 18.2 Å². The van der Waals surface area contributed by atoms with Gasteiger partial charge in [0, 0.05) is 36.4 Å². The first-order valence-electron chi connectivity index (χ1n) is 5.20. The third-order valence-corrected chi connectivity index (χ3v) is 2.79. The molecule has 88 valence electrons. The van der Waals surface area contributed by atoms with Crippen molar-refractivity contribution in [3.63, 3.8) is 0 Å². The molecular weight excluding hydrogens is 218 g/mol. The van der Waals surface area contributed by atoms with Crippen LogP contribution in [-0.2, 0) is 18.4 Å². The summed E-state index contributed by atoms with van der Waals surface area (Å²) >= 11 is 0. The maximum Gasteiger partial charge on any atom is 0.211 e. The fraction of sp³-hybridized carbons (Fsp3) is 0.167. The Kier molecular flexibility index (Phi) is 2.93. The van der Waals surface area contributed by atoms with E-state index in [0.717, 1.165) is 11.2 Å². The summed E-state index contributed by atoms with van der Waals surface area (Å²) in [7, 11) is 1.86. The molecule has 3 N–H and O–H groups in total. The molecule has 0 aliphatic rings. The molecule has 2 rings (SSSR count). The Labute approximate surface area is 97.9 Å². The third kappa shape index (κ3) is 1.92. The molecule has 5 nitrogen and oxygen atoms in total. The molecule has 2 aromatic rings. The minimum Gasteiger partial charge on any atom is -0.346 e. The van der Waals surface area contributed by atoms with Crippen LogP contribution in [0.15, 0.2) is 29.1 Å². The molecule has 0 spiro atoms. The number of fused-ring (bicyclic) bond motifs is 1. The van der Waals surface area contributed by atoms with Crippen molar-refractivity contribution in [1.29, 1.82) is 0 Å². The van der Waals surface area contributed by atoms with Crippen LogP contribution in [0, 0.1) is 0 Å². The molecule has 0 saturated heterocycles. The normalized spacial score (nSPS) is 10.5. The molecule has 1 aromatic heterocycles. The molecule has 0 unspecified atom stereocenters. The summed E-state index contributed by atoms with van der Waals surface area (Å²) in [6.07, 6.45) is 0.583. The molecule has 0 atom stereocenters. The van der Waals surface area contributed by atoms with Gasteiger partial charge < -0.3 is 15.6 Å². The number of benzene rings is 1.